The monoisotopic (exact) mass is 462 g/mol. The van der Waals surface area contributed by atoms with Crippen LogP contribution in [0.25, 0.3) is 0 Å². The Balaban J connectivity index is 1.34. The fourth-order valence-corrected chi connectivity index (χ4v) is 10.7. The highest BCUT2D eigenvalue weighted by Crippen LogP contribution is 2.72. The van der Waals surface area contributed by atoms with Crippen LogP contribution in [0.4, 0.5) is 0 Å². The van der Waals surface area contributed by atoms with E-state index in [4.69, 9.17) is 9.47 Å². The molecule has 3 N–H and O–H groups in total. The molecule has 5 heteroatoms. The first kappa shape index (κ1) is 23.2. The average molecular weight is 463 g/mol. The minimum Gasteiger partial charge on any atom is -0.393 e. The molecule has 1 unspecified atom stereocenters. The lowest BCUT2D eigenvalue weighted by atomic mass is 9.43. The van der Waals surface area contributed by atoms with E-state index < -0.39 is 11.4 Å². The van der Waals surface area contributed by atoms with Crippen molar-refractivity contribution >= 4 is 0 Å². The molecule has 4 aliphatic carbocycles. The summed E-state index contributed by atoms with van der Waals surface area (Å²) in [6.45, 7) is 13.1. The lowest BCUT2D eigenvalue weighted by molar-refractivity contribution is -0.300. The minimum atomic E-state index is -1.08. The fourth-order valence-electron chi connectivity index (χ4n) is 10.7. The van der Waals surface area contributed by atoms with Crippen LogP contribution < -0.4 is 0 Å². The summed E-state index contributed by atoms with van der Waals surface area (Å²) in [5, 5.41) is 34.2. The van der Waals surface area contributed by atoms with Crippen molar-refractivity contribution < 1.29 is 24.8 Å². The normalized spacial score (nSPS) is 63.7. The van der Waals surface area contributed by atoms with Gasteiger partial charge in [-0.1, -0.05) is 20.8 Å². The predicted molar refractivity (Wildman–Crippen MR) is 125 cm³/mol. The molecule has 6 rings (SSSR count). The van der Waals surface area contributed by atoms with Gasteiger partial charge in [0.15, 0.2) is 5.79 Å². The highest BCUT2D eigenvalue weighted by molar-refractivity contribution is 5.22. The Labute approximate surface area is 199 Å². The molecule has 1 spiro atoms. The SMILES string of the molecule is C[C@H]1C[C@@]2(O[C@H]3C[C@H]4[C@@H]5CCC6C[C@H](O)CC[C@]6(C)[C@H]5[C@@H](O)C[C@]4(C)[C@H]3[C@@]2(C)O)OC1(C)C. The topological polar surface area (TPSA) is 79.2 Å². The molecule has 2 heterocycles. The van der Waals surface area contributed by atoms with Gasteiger partial charge in [-0.3, -0.25) is 0 Å². The Morgan fingerprint density at radius 3 is 2.27 bits per heavy atom. The Kier molecular flexibility index (Phi) is 4.76. The van der Waals surface area contributed by atoms with E-state index >= 15 is 0 Å². The first-order chi connectivity index (χ1) is 15.3. The molecule has 5 nitrogen and oxygen atoms in total. The lowest BCUT2D eigenvalue weighted by Gasteiger charge is -2.63. The van der Waals surface area contributed by atoms with E-state index in [1.807, 2.05) is 6.92 Å². The van der Waals surface area contributed by atoms with Crippen LogP contribution in [-0.4, -0.2) is 50.6 Å². The number of hydrogen-bond acceptors (Lipinski definition) is 5. The Morgan fingerprint density at radius 1 is 0.879 bits per heavy atom. The third kappa shape index (κ3) is 2.78. The molecule has 33 heavy (non-hydrogen) atoms. The first-order valence-corrected chi connectivity index (χ1v) is 13.7. The number of hydrogen-bond donors (Lipinski definition) is 3. The zero-order valence-electron chi connectivity index (χ0n) is 21.5. The van der Waals surface area contributed by atoms with Gasteiger partial charge in [0.2, 0.25) is 0 Å². The van der Waals surface area contributed by atoms with E-state index in [1.165, 1.54) is 0 Å². The van der Waals surface area contributed by atoms with Gasteiger partial charge in [0.05, 0.1) is 23.9 Å². The van der Waals surface area contributed by atoms with Gasteiger partial charge in [-0.2, -0.15) is 0 Å². The molecule has 0 aromatic heterocycles. The van der Waals surface area contributed by atoms with Gasteiger partial charge in [-0.05, 0) is 106 Å². The molecule has 0 aromatic rings. The largest absolute Gasteiger partial charge is 0.393 e. The minimum absolute atomic E-state index is 0.0132. The molecule has 6 aliphatic rings. The second-order valence-electron chi connectivity index (χ2n) is 14.4. The smallest absolute Gasteiger partial charge is 0.198 e. The van der Waals surface area contributed by atoms with Gasteiger partial charge in [0, 0.05) is 12.3 Å². The average Bonchev–Trinajstić information content (AvgIpc) is 3.20. The van der Waals surface area contributed by atoms with E-state index in [1.54, 1.807) is 0 Å². The van der Waals surface area contributed by atoms with Crippen molar-refractivity contribution in [2.75, 3.05) is 0 Å². The van der Waals surface area contributed by atoms with Crippen molar-refractivity contribution in [2.24, 2.45) is 46.3 Å². The Morgan fingerprint density at radius 2 is 1.61 bits per heavy atom. The van der Waals surface area contributed by atoms with Crippen LogP contribution in [0.1, 0.15) is 92.9 Å². The van der Waals surface area contributed by atoms with Gasteiger partial charge in [-0.25, -0.2) is 0 Å². The molecule has 0 radical (unpaired) electrons. The van der Waals surface area contributed by atoms with E-state index in [0.717, 1.165) is 51.4 Å². The maximum Gasteiger partial charge on any atom is 0.198 e. The van der Waals surface area contributed by atoms with Gasteiger partial charge in [0.1, 0.15) is 5.60 Å². The van der Waals surface area contributed by atoms with Crippen LogP contribution in [0.15, 0.2) is 0 Å². The van der Waals surface area contributed by atoms with E-state index in [-0.39, 0.29) is 40.7 Å². The lowest BCUT2D eigenvalue weighted by Crippen LogP contribution is -2.62. The first-order valence-electron chi connectivity index (χ1n) is 13.7. The van der Waals surface area contributed by atoms with E-state index in [2.05, 4.69) is 34.6 Å². The summed E-state index contributed by atoms with van der Waals surface area (Å²) >= 11 is 0. The Bertz CT molecular complexity index is 825. The molecule has 0 amide bonds. The molecule has 0 aromatic carbocycles. The van der Waals surface area contributed by atoms with Gasteiger partial charge < -0.3 is 24.8 Å². The number of fused-ring (bicyclic) bond motifs is 7. The molecule has 188 valence electrons. The van der Waals surface area contributed by atoms with Crippen molar-refractivity contribution in [3.63, 3.8) is 0 Å². The summed E-state index contributed by atoms with van der Waals surface area (Å²) in [6, 6.07) is 0. The number of ether oxygens (including phenoxy) is 2. The highest BCUT2D eigenvalue weighted by atomic mass is 16.7. The standard InChI is InChI=1S/C28H46O5/c1-15-13-28(33-24(15,2)3)27(6,31)23-21(32-28)12-19-18-8-7-16-11-17(29)9-10-25(16,4)22(18)20(30)14-26(19,23)5/h15-23,29-31H,7-14H2,1-6H3/t15-,16?,17+,18-,19-,20-,21-,22+,23-,25-,26-,27+,28+/m0/s1. The third-order valence-corrected chi connectivity index (χ3v) is 12.5. The molecular weight excluding hydrogens is 416 g/mol. The van der Waals surface area contributed by atoms with E-state index in [0.29, 0.717) is 29.6 Å². The fraction of sp³-hybridized carbons (Fsp3) is 1.00. The highest BCUT2D eigenvalue weighted by Gasteiger charge is 2.77. The van der Waals surface area contributed by atoms with Crippen LogP contribution in [0, 0.1) is 46.3 Å². The van der Waals surface area contributed by atoms with Gasteiger partial charge in [-0.15, -0.1) is 0 Å². The van der Waals surface area contributed by atoms with Crippen LogP contribution in [0.3, 0.4) is 0 Å². The predicted octanol–water partition coefficient (Wildman–Crippen LogP) is 4.27. The summed E-state index contributed by atoms with van der Waals surface area (Å²) < 4.78 is 13.3. The van der Waals surface area contributed by atoms with Crippen molar-refractivity contribution in [1.29, 1.82) is 0 Å². The second kappa shape index (κ2) is 6.76. The number of aliphatic hydroxyl groups excluding tert-OH is 2. The maximum absolute atomic E-state index is 12.2. The maximum atomic E-state index is 12.2. The molecule has 2 saturated heterocycles. The van der Waals surface area contributed by atoms with E-state index in [9.17, 15) is 15.3 Å². The molecule has 0 bridgehead atoms. The molecule has 2 aliphatic heterocycles. The summed E-state index contributed by atoms with van der Waals surface area (Å²) in [5.74, 6) is 1.08. The third-order valence-electron chi connectivity index (χ3n) is 12.5. The summed E-state index contributed by atoms with van der Waals surface area (Å²) in [7, 11) is 0. The van der Waals surface area contributed by atoms with Crippen molar-refractivity contribution in [3.8, 4) is 0 Å². The van der Waals surface area contributed by atoms with Crippen molar-refractivity contribution in [3.05, 3.63) is 0 Å². The zero-order valence-corrected chi connectivity index (χ0v) is 21.5. The van der Waals surface area contributed by atoms with Crippen LogP contribution in [-0.2, 0) is 9.47 Å². The summed E-state index contributed by atoms with van der Waals surface area (Å²) in [5.41, 5.74) is -1.45. The summed E-state index contributed by atoms with van der Waals surface area (Å²) in [6.07, 6.45) is 6.94. The van der Waals surface area contributed by atoms with Crippen LogP contribution >= 0.6 is 0 Å². The van der Waals surface area contributed by atoms with Crippen LogP contribution in [0.2, 0.25) is 0 Å². The van der Waals surface area contributed by atoms with Gasteiger partial charge >= 0.3 is 0 Å². The molecule has 13 atom stereocenters. The van der Waals surface area contributed by atoms with Crippen molar-refractivity contribution in [1.82, 2.24) is 0 Å². The quantitative estimate of drug-likeness (QED) is 0.501. The number of aliphatic hydroxyl groups is 3. The molecular formula is C28H46O5. The van der Waals surface area contributed by atoms with Crippen LogP contribution in [0.5, 0.6) is 0 Å². The van der Waals surface area contributed by atoms with Crippen molar-refractivity contribution in [2.45, 2.75) is 128 Å². The second-order valence-corrected chi connectivity index (χ2v) is 14.4. The zero-order chi connectivity index (χ0) is 23.8. The number of rotatable bonds is 0. The molecule has 6 fully saturated rings. The Hall–Kier alpha value is -0.200. The summed E-state index contributed by atoms with van der Waals surface area (Å²) in [4.78, 5) is 0. The molecule has 4 saturated carbocycles. The van der Waals surface area contributed by atoms with Gasteiger partial charge in [0.25, 0.3) is 0 Å².